The zero-order valence-corrected chi connectivity index (χ0v) is 9.09. The van der Waals surface area contributed by atoms with Crippen molar-refractivity contribution in [2.24, 2.45) is 0 Å². The fraction of sp³-hybridized carbons (Fsp3) is 0. The Morgan fingerprint density at radius 3 is 2.81 bits per heavy atom. The number of halogens is 1. The van der Waals surface area contributed by atoms with E-state index in [0.717, 1.165) is 16.6 Å². The van der Waals surface area contributed by atoms with E-state index in [1.54, 1.807) is 17.1 Å². The van der Waals surface area contributed by atoms with Crippen molar-refractivity contribution in [2.75, 3.05) is 0 Å². The number of benzene rings is 1. The van der Waals surface area contributed by atoms with Gasteiger partial charge in [-0.2, -0.15) is 5.10 Å². The van der Waals surface area contributed by atoms with Gasteiger partial charge in [-0.3, -0.25) is 4.98 Å². The molecular weight excluding hydrogens is 222 g/mol. The molecule has 2 heterocycles. The zero-order valence-electron chi connectivity index (χ0n) is 8.34. The van der Waals surface area contributed by atoms with Gasteiger partial charge in [0.05, 0.1) is 22.4 Å². The Balaban J connectivity index is 2.23. The van der Waals surface area contributed by atoms with E-state index >= 15 is 0 Å². The second-order valence-corrected chi connectivity index (χ2v) is 3.86. The van der Waals surface area contributed by atoms with Crippen LogP contribution in [0.2, 0.25) is 5.02 Å². The minimum Gasteiger partial charge on any atom is -0.262 e. The lowest BCUT2D eigenvalue weighted by molar-refractivity contribution is 0.889. The van der Waals surface area contributed by atoms with Gasteiger partial charge < -0.3 is 0 Å². The van der Waals surface area contributed by atoms with Crippen molar-refractivity contribution in [1.29, 1.82) is 0 Å². The number of pyridine rings is 1. The molecule has 4 heteroatoms. The van der Waals surface area contributed by atoms with E-state index in [-0.39, 0.29) is 0 Å². The molecule has 0 N–H and O–H groups in total. The van der Waals surface area contributed by atoms with Crippen molar-refractivity contribution in [2.45, 2.75) is 0 Å². The highest BCUT2D eigenvalue weighted by Gasteiger charge is 2.04. The van der Waals surface area contributed by atoms with Crippen molar-refractivity contribution in [3.8, 4) is 5.69 Å². The summed E-state index contributed by atoms with van der Waals surface area (Å²) in [5.74, 6) is 0. The summed E-state index contributed by atoms with van der Waals surface area (Å²) in [5, 5.41) is 6.10. The number of nitrogens with zero attached hydrogens (tertiary/aromatic N) is 3. The largest absolute Gasteiger partial charge is 0.262 e. The maximum absolute atomic E-state index is 6.09. The predicted molar refractivity (Wildman–Crippen MR) is 63.9 cm³/mol. The number of aromatic nitrogens is 3. The van der Waals surface area contributed by atoms with E-state index in [2.05, 4.69) is 10.1 Å². The molecule has 3 aromatic rings. The summed E-state index contributed by atoms with van der Waals surface area (Å²) in [6, 6.07) is 9.52. The van der Waals surface area contributed by atoms with Crippen molar-refractivity contribution in [1.82, 2.24) is 14.8 Å². The molecule has 0 saturated heterocycles. The first kappa shape index (κ1) is 9.36. The van der Waals surface area contributed by atoms with Gasteiger partial charge in [-0.25, -0.2) is 4.68 Å². The van der Waals surface area contributed by atoms with E-state index in [0.29, 0.717) is 5.02 Å². The predicted octanol–water partition coefficient (Wildman–Crippen LogP) is 3.07. The summed E-state index contributed by atoms with van der Waals surface area (Å²) < 4.78 is 1.78. The molecule has 0 spiro atoms. The molecule has 0 atom stereocenters. The van der Waals surface area contributed by atoms with Crippen molar-refractivity contribution in [3.05, 3.63) is 53.9 Å². The van der Waals surface area contributed by atoms with E-state index in [4.69, 9.17) is 11.6 Å². The number of fused-ring (bicyclic) bond motifs is 1. The Morgan fingerprint density at radius 1 is 1.12 bits per heavy atom. The molecule has 0 amide bonds. The summed E-state index contributed by atoms with van der Waals surface area (Å²) in [7, 11) is 0. The van der Waals surface area contributed by atoms with Crippen LogP contribution in [0.25, 0.3) is 16.6 Å². The average molecular weight is 230 g/mol. The Bertz CT molecular complexity index is 631. The van der Waals surface area contributed by atoms with Crippen LogP contribution >= 0.6 is 11.6 Å². The van der Waals surface area contributed by atoms with Gasteiger partial charge in [0.15, 0.2) is 0 Å². The van der Waals surface area contributed by atoms with Crippen LogP contribution in [-0.4, -0.2) is 14.8 Å². The minimum absolute atomic E-state index is 0.715. The van der Waals surface area contributed by atoms with Crippen LogP contribution in [0.5, 0.6) is 0 Å². The molecule has 0 aliphatic carbocycles. The van der Waals surface area contributed by atoms with Gasteiger partial charge in [-0.15, -0.1) is 0 Å². The van der Waals surface area contributed by atoms with Crippen LogP contribution < -0.4 is 0 Å². The third-order valence-corrected chi connectivity index (χ3v) is 2.74. The number of rotatable bonds is 1. The average Bonchev–Trinajstić information content (AvgIpc) is 2.76. The van der Waals surface area contributed by atoms with Gasteiger partial charge in [-0.1, -0.05) is 17.7 Å². The molecule has 0 saturated carbocycles. The lowest BCUT2D eigenvalue weighted by atomic mass is 10.3. The molecule has 78 valence electrons. The van der Waals surface area contributed by atoms with Crippen molar-refractivity contribution >= 4 is 22.5 Å². The molecular formula is C12H8ClN3. The fourth-order valence-electron chi connectivity index (χ4n) is 1.63. The fourth-order valence-corrected chi connectivity index (χ4v) is 1.85. The van der Waals surface area contributed by atoms with Crippen molar-refractivity contribution in [3.63, 3.8) is 0 Å². The first-order chi connectivity index (χ1) is 7.84. The van der Waals surface area contributed by atoms with E-state index < -0.39 is 0 Å². The Labute approximate surface area is 97.3 Å². The summed E-state index contributed by atoms with van der Waals surface area (Å²) in [5.41, 5.74) is 1.81. The van der Waals surface area contributed by atoms with Gasteiger partial charge in [0, 0.05) is 17.8 Å². The maximum Gasteiger partial charge on any atom is 0.0942 e. The second-order valence-electron chi connectivity index (χ2n) is 3.46. The van der Waals surface area contributed by atoms with Crippen LogP contribution in [0.1, 0.15) is 0 Å². The van der Waals surface area contributed by atoms with Crippen LogP contribution in [0, 0.1) is 0 Å². The quantitative estimate of drug-likeness (QED) is 0.642. The summed E-state index contributed by atoms with van der Waals surface area (Å²) in [4.78, 5) is 4.06. The highest BCUT2D eigenvalue weighted by Crippen LogP contribution is 2.23. The molecule has 0 aliphatic heterocycles. The highest BCUT2D eigenvalue weighted by molar-refractivity contribution is 6.35. The molecule has 3 nitrogen and oxygen atoms in total. The van der Waals surface area contributed by atoms with Gasteiger partial charge in [-0.05, 0) is 24.3 Å². The minimum atomic E-state index is 0.715. The third kappa shape index (κ3) is 1.46. The number of hydrogen-bond acceptors (Lipinski definition) is 2. The Kier molecular flexibility index (Phi) is 2.11. The molecule has 0 fully saturated rings. The number of hydrogen-bond donors (Lipinski definition) is 0. The molecule has 0 aliphatic rings. The van der Waals surface area contributed by atoms with E-state index in [1.807, 2.05) is 36.5 Å². The molecule has 0 bridgehead atoms. The van der Waals surface area contributed by atoms with Gasteiger partial charge in [0.2, 0.25) is 0 Å². The molecule has 1 aromatic carbocycles. The lowest BCUT2D eigenvalue weighted by Crippen LogP contribution is -1.93. The maximum atomic E-state index is 6.09. The topological polar surface area (TPSA) is 30.7 Å². The monoisotopic (exact) mass is 229 g/mol. The standard InChI is InChI=1S/C12H8ClN3/c13-11-4-1-5-12-10(11)8-16(15-12)9-3-2-6-14-7-9/h1-8H. The SMILES string of the molecule is Clc1cccc2nn(-c3cccnc3)cc12. The van der Waals surface area contributed by atoms with E-state index in [9.17, 15) is 0 Å². The van der Waals surface area contributed by atoms with Crippen molar-refractivity contribution < 1.29 is 0 Å². The van der Waals surface area contributed by atoms with Crippen LogP contribution in [0.3, 0.4) is 0 Å². The van der Waals surface area contributed by atoms with Gasteiger partial charge in [0.25, 0.3) is 0 Å². The molecule has 2 aromatic heterocycles. The second kappa shape index (κ2) is 3.61. The van der Waals surface area contributed by atoms with Crippen LogP contribution in [0.4, 0.5) is 0 Å². The van der Waals surface area contributed by atoms with E-state index in [1.165, 1.54) is 0 Å². The smallest absolute Gasteiger partial charge is 0.0942 e. The Hall–Kier alpha value is -1.87. The highest BCUT2D eigenvalue weighted by atomic mass is 35.5. The van der Waals surface area contributed by atoms with Gasteiger partial charge in [0.1, 0.15) is 0 Å². The molecule has 0 radical (unpaired) electrons. The molecule has 16 heavy (non-hydrogen) atoms. The van der Waals surface area contributed by atoms with Gasteiger partial charge >= 0.3 is 0 Å². The summed E-state index contributed by atoms with van der Waals surface area (Å²) >= 11 is 6.09. The molecule has 0 unspecified atom stereocenters. The first-order valence-corrected chi connectivity index (χ1v) is 5.27. The summed E-state index contributed by atoms with van der Waals surface area (Å²) in [6.45, 7) is 0. The van der Waals surface area contributed by atoms with Crippen LogP contribution in [-0.2, 0) is 0 Å². The molecule has 3 rings (SSSR count). The Morgan fingerprint density at radius 2 is 2.06 bits per heavy atom. The summed E-state index contributed by atoms with van der Waals surface area (Å²) in [6.07, 6.45) is 5.41. The third-order valence-electron chi connectivity index (χ3n) is 2.41. The van der Waals surface area contributed by atoms with Crippen LogP contribution in [0.15, 0.2) is 48.9 Å². The zero-order chi connectivity index (χ0) is 11.0. The lowest BCUT2D eigenvalue weighted by Gasteiger charge is -1.97. The normalized spacial score (nSPS) is 10.8. The first-order valence-electron chi connectivity index (χ1n) is 4.89.